The van der Waals surface area contributed by atoms with E-state index in [1.165, 1.54) is 87.4 Å². The van der Waals surface area contributed by atoms with Crippen molar-refractivity contribution in [3.8, 4) is 5.69 Å². The molecule has 0 amide bonds. The number of hydrogen-bond acceptors (Lipinski definition) is 1. The van der Waals surface area contributed by atoms with Crippen LogP contribution in [0.5, 0.6) is 0 Å². The van der Waals surface area contributed by atoms with Gasteiger partial charge < -0.3 is 8.97 Å². The molecule has 0 saturated carbocycles. The van der Waals surface area contributed by atoms with Gasteiger partial charge in [-0.15, -0.1) is 0 Å². The zero-order chi connectivity index (χ0) is 35.3. The van der Waals surface area contributed by atoms with E-state index in [0.717, 1.165) is 36.4 Å². The SMILES string of the molecule is C1=CC2=N/C(c3ccccc3)=C(/c3ccc(-n4c5ccccc5c5c6c7ccc8ccccc8c7n7c8ccccc8c(cc54)c67)cc3)CCCC2C=C1. The number of fused-ring (bicyclic) bond motifs is 13. The minimum Gasteiger partial charge on any atom is -0.309 e. The third-order valence-electron chi connectivity index (χ3n) is 12.1. The van der Waals surface area contributed by atoms with Crippen LogP contribution in [0.1, 0.15) is 30.4 Å². The molecule has 10 aromatic rings. The van der Waals surface area contributed by atoms with Crippen LogP contribution in [-0.2, 0) is 0 Å². The molecule has 54 heavy (non-hydrogen) atoms. The molecule has 4 heterocycles. The van der Waals surface area contributed by atoms with E-state index in [1.807, 2.05) is 0 Å². The van der Waals surface area contributed by atoms with Gasteiger partial charge in [-0.05, 0) is 72.2 Å². The van der Waals surface area contributed by atoms with Gasteiger partial charge in [0.1, 0.15) is 0 Å². The largest absolute Gasteiger partial charge is 0.309 e. The number of aliphatic imine (C=N–C) groups is 1. The Labute approximate surface area is 312 Å². The molecule has 3 aromatic heterocycles. The number of rotatable bonds is 3. The maximum absolute atomic E-state index is 5.40. The normalized spacial score (nSPS) is 17.7. The van der Waals surface area contributed by atoms with E-state index < -0.39 is 0 Å². The summed E-state index contributed by atoms with van der Waals surface area (Å²) in [6, 6.07) is 53.9. The summed E-state index contributed by atoms with van der Waals surface area (Å²) in [6.45, 7) is 0. The Balaban J connectivity index is 1.13. The summed E-state index contributed by atoms with van der Waals surface area (Å²) in [5.74, 6) is 0.375. The van der Waals surface area contributed by atoms with Crippen LogP contribution < -0.4 is 0 Å². The Hall–Kier alpha value is -6.71. The van der Waals surface area contributed by atoms with Crippen LogP contribution in [0.15, 0.2) is 175 Å². The molecule has 12 rings (SSSR count). The maximum atomic E-state index is 5.40. The highest BCUT2D eigenvalue weighted by Gasteiger charge is 2.25. The van der Waals surface area contributed by atoms with Crippen molar-refractivity contribution in [1.29, 1.82) is 0 Å². The van der Waals surface area contributed by atoms with Gasteiger partial charge in [-0.1, -0.05) is 133 Å². The standard InChI is InChI=1S/C51H35N3/c1-2-15-35(16-3-1)49-37(21-12-17-34-14-5-9-22-43(34)52-49)33-25-28-36(29-26-33)53-45-24-11-8-20-40(45)47-46(53)31-42-39-19-7-10-23-44(39)54-50-38-18-6-4-13-32(38)27-30-41(50)48(47)51(42)54/h1-11,13-16,18-20,22-31,34H,12,17,21H2/b49-37+,52-43?. The average molecular weight is 690 g/mol. The lowest BCUT2D eigenvalue weighted by atomic mass is 9.87. The summed E-state index contributed by atoms with van der Waals surface area (Å²) in [6.07, 6.45) is 12.0. The van der Waals surface area contributed by atoms with Crippen LogP contribution in [0.3, 0.4) is 0 Å². The van der Waals surface area contributed by atoms with Crippen molar-refractivity contribution in [2.45, 2.75) is 19.3 Å². The Morgan fingerprint density at radius 1 is 0.537 bits per heavy atom. The Morgan fingerprint density at radius 3 is 2.17 bits per heavy atom. The lowest BCUT2D eigenvalue weighted by Gasteiger charge is -2.22. The highest BCUT2D eigenvalue weighted by molar-refractivity contribution is 6.37. The minimum atomic E-state index is 0.375. The molecule has 0 bridgehead atoms. The number of hydrogen-bond donors (Lipinski definition) is 0. The van der Waals surface area contributed by atoms with E-state index in [0.29, 0.717) is 5.92 Å². The lowest BCUT2D eigenvalue weighted by Crippen LogP contribution is -2.14. The quantitative estimate of drug-likeness (QED) is 0.176. The lowest BCUT2D eigenvalue weighted by molar-refractivity contribution is 0.688. The zero-order valence-corrected chi connectivity index (χ0v) is 29.7. The molecule has 2 aliphatic rings. The van der Waals surface area contributed by atoms with Gasteiger partial charge in [0, 0.05) is 60.6 Å². The zero-order valence-electron chi connectivity index (χ0n) is 29.7. The van der Waals surface area contributed by atoms with E-state index in [-0.39, 0.29) is 0 Å². The van der Waals surface area contributed by atoms with Crippen molar-refractivity contribution < 1.29 is 0 Å². The number of allylic oxidation sites excluding steroid dienone is 5. The van der Waals surface area contributed by atoms with Crippen molar-refractivity contribution in [3.05, 3.63) is 181 Å². The maximum Gasteiger partial charge on any atom is 0.0743 e. The van der Waals surface area contributed by atoms with Crippen LogP contribution in [0, 0.1) is 5.92 Å². The second-order valence-electron chi connectivity index (χ2n) is 14.9. The summed E-state index contributed by atoms with van der Waals surface area (Å²) in [5.41, 5.74) is 13.5. The summed E-state index contributed by atoms with van der Waals surface area (Å²) in [4.78, 5) is 5.40. The molecule has 0 saturated heterocycles. The Kier molecular flexibility index (Phi) is 6.29. The second kappa shape index (κ2) is 11.4. The van der Waals surface area contributed by atoms with Gasteiger partial charge in [-0.2, -0.15) is 0 Å². The molecular weight excluding hydrogens is 655 g/mol. The molecule has 0 spiro atoms. The van der Waals surface area contributed by atoms with E-state index in [9.17, 15) is 0 Å². The van der Waals surface area contributed by atoms with Gasteiger partial charge in [-0.25, -0.2) is 0 Å². The fraction of sp³-hybridized carbons (Fsp3) is 0.0784. The average Bonchev–Trinajstić information content (AvgIpc) is 3.86. The van der Waals surface area contributed by atoms with Crippen LogP contribution in [0.25, 0.3) is 87.6 Å². The van der Waals surface area contributed by atoms with Crippen molar-refractivity contribution in [2.75, 3.05) is 0 Å². The van der Waals surface area contributed by atoms with E-state index in [4.69, 9.17) is 4.99 Å². The van der Waals surface area contributed by atoms with E-state index in [2.05, 4.69) is 179 Å². The van der Waals surface area contributed by atoms with Crippen molar-refractivity contribution in [2.24, 2.45) is 10.9 Å². The van der Waals surface area contributed by atoms with Gasteiger partial charge in [0.2, 0.25) is 0 Å². The number of aromatic nitrogens is 2. The van der Waals surface area contributed by atoms with Crippen molar-refractivity contribution >= 4 is 87.7 Å². The predicted molar refractivity (Wildman–Crippen MR) is 229 cm³/mol. The number of nitrogens with zero attached hydrogens (tertiary/aromatic N) is 3. The smallest absolute Gasteiger partial charge is 0.0743 e. The Morgan fingerprint density at radius 2 is 1.30 bits per heavy atom. The Bertz CT molecular complexity index is 3270. The van der Waals surface area contributed by atoms with Gasteiger partial charge in [0.05, 0.1) is 33.3 Å². The highest BCUT2D eigenvalue weighted by Crippen LogP contribution is 2.48. The second-order valence-corrected chi connectivity index (χ2v) is 14.9. The molecular formula is C51H35N3. The molecule has 1 unspecified atom stereocenters. The van der Waals surface area contributed by atoms with Crippen molar-refractivity contribution in [3.63, 3.8) is 0 Å². The molecule has 0 fully saturated rings. The molecule has 7 aromatic carbocycles. The van der Waals surface area contributed by atoms with Gasteiger partial charge in [0.25, 0.3) is 0 Å². The molecule has 1 atom stereocenters. The molecule has 254 valence electrons. The molecule has 1 aliphatic heterocycles. The monoisotopic (exact) mass is 689 g/mol. The van der Waals surface area contributed by atoms with Gasteiger partial charge in [-0.3, -0.25) is 4.99 Å². The molecule has 0 N–H and O–H groups in total. The first-order chi connectivity index (χ1) is 26.8. The first-order valence-electron chi connectivity index (χ1n) is 19.2. The third-order valence-corrected chi connectivity index (χ3v) is 12.1. The fourth-order valence-electron chi connectivity index (χ4n) is 9.72. The fourth-order valence-corrected chi connectivity index (χ4v) is 9.72. The summed E-state index contributed by atoms with van der Waals surface area (Å²) in [5, 5.41) is 10.4. The number of benzene rings is 7. The molecule has 3 nitrogen and oxygen atoms in total. The summed E-state index contributed by atoms with van der Waals surface area (Å²) >= 11 is 0. The van der Waals surface area contributed by atoms with Crippen molar-refractivity contribution in [1.82, 2.24) is 8.97 Å². The van der Waals surface area contributed by atoms with E-state index in [1.54, 1.807) is 0 Å². The first kappa shape index (κ1) is 29.8. The first-order valence-corrected chi connectivity index (χ1v) is 19.2. The van der Waals surface area contributed by atoms with Crippen LogP contribution in [-0.4, -0.2) is 14.7 Å². The number of para-hydroxylation sites is 2. The van der Waals surface area contributed by atoms with Crippen LogP contribution in [0.4, 0.5) is 0 Å². The van der Waals surface area contributed by atoms with Gasteiger partial charge >= 0.3 is 0 Å². The summed E-state index contributed by atoms with van der Waals surface area (Å²) in [7, 11) is 0. The van der Waals surface area contributed by atoms with Gasteiger partial charge in [0.15, 0.2) is 0 Å². The van der Waals surface area contributed by atoms with E-state index >= 15 is 0 Å². The summed E-state index contributed by atoms with van der Waals surface area (Å²) < 4.78 is 5.03. The molecule has 0 radical (unpaired) electrons. The molecule has 1 aliphatic carbocycles. The molecule has 3 heteroatoms. The van der Waals surface area contributed by atoms with Crippen LogP contribution >= 0.6 is 0 Å². The highest BCUT2D eigenvalue weighted by atomic mass is 15.0. The van der Waals surface area contributed by atoms with Crippen LogP contribution in [0.2, 0.25) is 0 Å². The third kappa shape index (κ3) is 4.15. The topological polar surface area (TPSA) is 21.7 Å². The minimum absolute atomic E-state index is 0.375. The predicted octanol–water partition coefficient (Wildman–Crippen LogP) is 13.3.